The second kappa shape index (κ2) is 17.5. The first-order chi connectivity index (χ1) is 21.7. The summed E-state index contributed by atoms with van der Waals surface area (Å²) in [5.41, 5.74) is 2.05. The number of hydrogen-bond acceptors (Lipinski definition) is 8. The van der Waals surface area contributed by atoms with Crippen LogP contribution in [0, 0.1) is 0 Å². The summed E-state index contributed by atoms with van der Waals surface area (Å²) in [6.07, 6.45) is -4.95. The molecule has 0 aliphatic heterocycles. The molecule has 0 saturated heterocycles. The number of halogens is 5. The maximum atomic E-state index is 13.5. The lowest BCUT2D eigenvalue weighted by molar-refractivity contribution is -0.120. The average molecular weight is 726 g/mol. The Morgan fingerprint density at radius 2 is 1.33 bits per heavy atom. The number of benzene rings is 3. The maximum Gasteiger partial charge on any atom is 0.530 e. The van der Waals surface area contributed by atoms with Crippen molar-refractivity contribution in [2.45, 2.75) is 32.5 Å². The molecule has 0 spiro atoms. The molecule has 0 atom stereocenters. The van der Waals surface area contributed by atoms with Gasteiger partial charge in [0.2, 0.25) is 5.76 Å². The van der Waals surface area contributed by atoms with Gasteiger partial charge in [-0.25, -0.2) is 13.0 Å². The number of phosphoric ester groups is 1. The van der Waals surface area contributed by atoms with Crippen molar-refractivity contribution in [3.8, 4) is 5.75 Å². The summed E-state index contributed by atoms with van der Waals surface area (Å²) in [5.74, 6) is -1.70. The molecule has 0 fully saturated rings. The molecular formula is C31H34Cl2F3O8PS. The summed E-state index contributed by atoms with van der Waals surface area (Å²) in [7, 11) is -8.00. The molecule has 0 saturated carbocycles. The molecule has 46 heavy (non-hydrogen) atoms. The minimum Gasteiger partial charge on any atom is -0.493 e. The van der Waals surface area contributed by atoms with Crippen LogP contribution in [-0.4, -0.2) is 52.5 Å². The van der Waals surface area contributed by atoms with Crippen LogP contribution in [0.4, 0.5) is 13.2 Å². The molecule has 0 aromatic heterocycles. The second-order valence-electron chi connectivity index (χ2n) is 9.64. The molecule has 0 unspecified atom stereocenters. The SMILES string of the molecule is CCOP(=O)(OCC)O/C(=C\Cc1ccc(OCCS(=O)(=O)CCOC(c2ccc(Cl)cc2)c2ccc(Cl)cc2)cc1)C(F)(F)F. The van der Waals surface area contributed by atoms with Crippen LogP contribution in [0.15, 0.2) is 84.6 Å². The summed E-state index contributed by atoms with van der Waals surface area (Å²) in [6.45, 7) is 2.33. The summed E-state index contributed by atoms with van der Waals surface area (Å²) >= 11 is 12.0. The van der Waals surface area contributed by atoms with E-state index in [0.717, 1.165) is 17.2 Å². The fourth-order valence-electron chi connectivity index (χ4n) is 4.01. The summed E-state index contributed by atoms with van der Waals surface area (Å²) in [4.78, 5) is 0. The molecule has 3 aromatic rings. The fourth-order valence-corrected chi connectivity index (χ4v) is 6.38. The molecule has 3 rings (SSSR count). The summed E-state index contributed by atoms with van der Waals surface area (Å²) in [5, 5.41) is 1.11. The van der Waals surface area contributed by atoms with Crippen LogP contribution in [0.1, 0.15) is 36.6 Å². The molecule has 15 heteroatoms. The second-order valence-corrected chi connectivity index (χ2v) is 14.4. The number of alkyl halides is 3. The molecule has 0 aliphatic carbocycles. The Bertz CT molecular complexity index is 1510. The minimum atomic E-state index is -4.93. The van der Waals surface area contributed by atoms with E-state index in [4.69, 9.17) is 41.7 Å². The molecule has 0 heterocycles. The van der Waals surface area contributed by atoms with Crippen molar-refractivity contribution in [3.63, 3.8) is 0 Å². The largest absolute Gasteiger partial charge is 0.530 e. The van der Waals surface area contributed by atoms with E-state index in [2.05, 4.69) is 4.52 Å². The van der Waals surface area contributed by atoms with Gasteiger partial charge >= 0.3 is 14.0 Å². The highest BCUT2D eigenvalue weighted by molar-refractivity contribution is 7.91. The number of phosphoric acid groups is 1. The van der Waals surface area contributed by atoms with E-state index in [1.165, 1.54) is 38.1 Å². The van der Waals surface area contributed by atoms with E-state index in [9.17, 15) is 26.2 Å². The molecule has 0 bridgehead atoms. The lowest BCUT2D eigenvalue weighted by atomic mass is 10.0. The van der Waals surface area contributed by atoms with Gasteiger partial charge in [-0.1, -0.05) is 59.6 Å². The first-order valence-corrected chi connectivity index (χ1v) is 18.2. The molecule has 0 N–H and O–H groups in total. The number of hydrogen-bond donors (Lipinski definition) is 0. The lowest BCUT2D eigenvalue weighted by Crippen LogP contribution is -2.21. The van der Waals surface area contributed by atoms with Crippen molar-refractivity contribution >= 4 is 40.9 Å². The van der Waals surface area contributed by atoms with Crippen LogP contribution in [0.2, 0.25) is 10.0 Å². The number of ether oxygens (including phenoxy) is 2. The standard InChI is InChI=1S/C31H34Cl2F3O8PS/c1-3-42-45(37,43-4-2)44-29(31(34,35)36)18-7-23-5-16-28(17-6-23)40-19-21-46(38,39)22-20-41-30(24-8-12-26(32)13-9-24)25-10-14-27(33)15-11-25/h5-6,8-18,30H,3-4,7,19-22H2,1-2H3/b29-18-. The third-order valence-corrected chi connectivity index (χ3v) is 9.85. The van der Waals surface area contributed by atoms with E-state index >= 15 is 0 Å². The van der Waals surface area contributed by atoms with Crippen molar-refractivity contribution in [2.75, 3.05) is 37.9 Å². The fraction of sp³-hybridized carbons (Fsp3) is 0.355. The van der Waals surface area contributed by atoms with Crippen LogP contribution in [0.25, 0.3) is 0 Å². The predicted molar refractivity (Wildman–Crippen MR) is 171 cm³/mol. The van der Waals surface area contributed by atoms with E-state index in [1.807, 2.05) is 0 Å². The molecular weight excluding hydrogens is 691 g/mol. The van der Waals surface area contributed by atoms with Crippen molar-refractivity contribution < 1.29 is 49.2 Å². The van der Waals surface area contributed by atoms with Gasteiger partial charge in [-0.2, -0.15) is 13.2 Å². The molecule has 0 aliphatic rings. The Labute approximate surface area is 276 Å². The zero-order valence-corrected chi connectivity index (χ0v) is 28.3. The lowest BCUT2D eigenvalue weighted by Gasteiger charge is -2.20. The summed E-state index contributed by atoms with van der Waals surface area (Å²) in [6, 6.07) is 20.1. The zero-order valence-electron chi connectivity index (χ0n) is 25.0. The Hall–Kier alpha value is -2.57. The molecule has 252 valence electrons. The van der Waals surface area contributed by atoms with Gasteiger partial charge in [0, 0.05) is 10.0 Å². The van der Waals surface area contributed by atoms with Crippen molar-refractivity contribution in [1.29, 1.82) is 0 Å². The van der Waals surface area contributed by atoms with Crippen molar-refractivity contribution in [2.24, 2.45) is 0 Å². The van der Waals surface area contributed by atoms with Gasteiger partial charge in [-0.3, -0.25) is 9.05 Å². The van der Waals surface area contributed by atoms with E-state index in [1.54, 1.807) is 48.5 Å². The third-order valence-electron chi connectivity index (χ3n) is 6.20. The van der Waals surface area contributed by atoms with Gasteiger partial charge in [0.1, 0.15) is 18.5 Å². The highest BCUT2D eigenvalue weighted by Crippen LogP contribution is 2.53. The number of sulfone groups is 1. The molecule has 0 amide bonds. The molecule has 0 radical (unpaired) electrons. The number of rotatable bonds is 18. The third kappa shape index (κ3) is 12.6. The predicted octanol–water partition coefficient (Wildman–Crippen LogP) is 8.78. The minimum absolute atomic E-state index is 0.0747. The Morgan fingerprint density at radius 3 is 1.80 bits per heavy atom. The average Bonchev–Trinajstić information content (AvgIpc) is 2.99. The van der Waals surface area contributed by atoms with Crippen LogP contribution in [-0.2, 0) is 39.1 Å². The summed E-state index contributed by atoms with van der Waals surface area (Å²) < 4.78 is 104. The van der Waals surface area contributed by atoms with Gasteiger partial charge in [-0.05, 0) is 79.4 Å². The van der Waals surface area contributed by atoms with Gasteiger partial charge in [0.05, 0.1) is 31.3 Å². The van der Waals surface area contributed by atoms with Gasteiger partial charge in [0.25, 0.3) is 0 Å². The van der Waals surface area contributed by atoms with Crippen molar-refractivity contribution in [1.82, 2.24) is 0 Å². The maximum absolute atomic E-state index is 13.5. The molecule has 3 aromatic carbocycles. The number of allylic oxidation sites excluding steroid dienone is 2. The Morgan fingerprint density at radius 1 is 0.826 bits per heavy atom. The van der Waals surface area contributed by atoms with E-state index < -0.39 is 35.7 Å². The first kappa shape index (κ1) is 37.9. The normalized spacial score (nSPS) is 12.8. The Balaban J connectivity index is 1.53. The quantitative estimate of drug-likeness (QED) is 0.0949. The van der Waals surface area contributed by atoms with E-state index in [-0.39, 0.29) is 44.4 Å². The highest BCUT2D eigenvalue weighted by atomic mass is 35.5. The van der Waals surface area contributed by atoms with Crippen LogP contribution < -0.4 is 4.74 Å². The van der Waals surface area contributed by atoms with E-state index in [0.29, 0.717) is 21.4 Å². The van der Waals surface area contributed by atoms with Crippen LogP contribution in [0.5, 0.6) is 5.75 Å². The van der Waals surface area contributed by atoms with Gasteiger partial charge in [0.15, 0.2) is 9.84 Å². The highest BCUT2D eigenvalue weighted by Gasteiger charge is 2.42. The van der Waals surface area contributed by atoms with Crippen molar-refractivity contribution in [3.05, 3.63) is 111 Å². The molecule has 8 nitrogen and oxygen atoms in total. The monoisotopic (exact) mass is 724 g/mol. The van der Waals surface area contributed by atoms with Crippen LogP contribution >= 0.6 is 31.0 Å². The smallest absolute Gasteiger partial charge is 0.493 e. The first-order valence-electron chi connectivity index (χ1n) is 14.1. The topological polar surface area (TPSA) is 97.4 Å². The Kier molecular flexibility index (Phi) is 14.4. The van der Waals surface area contributed by atoms with Gasteiger partial charge in [-0.15, -0.1) is 0 Å². The van der Waals surface area contributed by atoms with Crippen LogP contribution in [0.3, 0.4) is 0 Å². The van der Waals surface area contributed by atoms with Gasteiger partial charge < -0.3 is 14.0 Å². The zero-order chi connectivity index (χ0) is 33.8.